The Kier molecular flexibility index (Phi) is 5.21. The monoisotopic (exact) mass is 490 g/mol. The third-order valence-corrected chi connectivity index (χ3v) is 7.12. The largest absolute Gasteiger partial charge is 0.327 e. The molecule has 3 atom stereocenters. The zero-order valence-electron chi connectivity index (χ0n) is 18.8. The number of hydrogen-bond donors (Lipinski definition) is 1. The molecule has 2 saturated heterocycles. The summed E-state index contributed by atoms with van der Waals surface area (Å²) in [6, 6.07) is 17.4. The maximum absolute atomic E-state index is 13.2. The molecule has 178 valence electrons. The molecule has 2 aliphatic heterocycles. The van der Waals surface area contributed by atoms with Gasteiger partial charge in [-0.1, -0.05) is 48.0 Å². The first-order chi connectivity index (χ1) is 17.0. The highest BCUT2D eigenvalue weighted by Crippen LogP contribution is 2.46. The molecule has 1 saturated carbocycles. The van der Waals surface area contributed by atoms with Crippen LogP contribution < -0.4 is 5.32 Å². The van der Waals surface area contributed by atoms with Gasteiger partial charge in [-0.3, -0.25) is 15.0 Å². The van der Waals surface area contributed by atoms with Crippen molar-refractivity contribution in [3.05, 3.63) is 77.4 Å². The maximum atomic E-state index is 13.2. The van der Waals surface area contributed by atoms with E-state index in [1.165, 1.54) is 4.90 Å². The minimum atomic E-state index is -0.656. The van der Waals surface area contributed by atoms with Gasteiger partial charge < -0.3 is 9.80 Å². The lowest BCUT2D eigenvalue weighted by Crippen LogP contribution is -2.55. The van der Waals surface area contributed by atoms with Crippen molar-refractivity contribution in [1.29, 1.82) is 0 Å². The molecule has 35 heavy (non-hydrogen) atoms. The van der Waals surface area contributed by atoms with Crippen LogP contribution in [0.2, 0.25) is 5.02 Å². The van der Waals surface area contributed by atoms with Crippen molar-refractivity contribution in [3.8, 4) is 5.69 Å². The van der Waals surface area contributed by atoms with E-state index in [0.717, 1.165) is 12.0 Å². The van der Waals surface area contributed by atoms with Gasteiger partial charge in [0.15, 0.2) is 0 Å². The summed E-state index contributed by atoms with van der Waals surface area (Å²) >= 11 is 6.10. The molecule has 9 nitrogen and oxygen atoms in total. The number of anilines is 1. The third kappa shape index (κ3) is 3.81. The van der Waals surface area contributed by atoms with Crippen LogP contribution in [0.4, 0.5) is 15.4 Å². The molecule has 3 fully saturated rings. The van der Waals surface area contributed by atoms with Gasteiger partial charge in [-0.25, -0.2) is 14.3 Å². The van der Waals surface area contributed by atoms with Crippen LogP contribution in [0.15, 0.2) is 66.9 Å². The average Bonchev–Trinajstić information content (AvgIpc) is 3.44. The predicted octanol–water partition coefficient (Wildman–Crippen LogP) is 3.56. The van der Waals surface area contributed by atoms with Crippen molar-refractivity contribution >= 4 is 35.4 Å². The summed E-state index contributed by atoms with van der Waals surface area (Å²) in [7, 11) is 0. The van der Waals surface area contributed by atoms with E-state index in [-0.39, 0.29) is 36.5 Å². The Balaban J connectivity index is 1.14. The first kappa shape index (κ1) is 21.7. The van der Waals surface area contributed by atoms with Crippen LogP contribution in [0, 0.1) is 0 Å². The van der Waals surface area contributed by atoms with Crippen LogP contribution in [-0.2, 0) is 4.79 Å². The molecule has 3 aliphatic rings. The Labute approximate surface area is 206 Å². The van der Waals surface area contributed by atoms with Gasteiger partial charge in [0, 0.05) is 36.1 Å². The van der Waals surface area contributed by atoms with Crippen LogP contribution in [0.5, 0.6) is 0 Å². The average molecular weight is 491 g/mol. The SMILES string of the molecule is O=C(Nc1ccnn1-c1cccc(Cl)c1)N1CCN2C(=O)N([C@H]3C[C@@H]3c3ccccc3)C(=O)[C@@H]2C1. The quantitative estimate of drug-likeness (QED) is 0.566. The van der Waals surface area contributed by atoms with Gasteiger partial charge in [-0.2, -0.15) is 5.10 Å². The van der Waals surface area contributed by atoms with E-state index in [0.29, 0.717) is 29.6 Å². The number of urea groups is 2. The summed E-state index contributed by atoms with van der Waals surface area (Å²) in [6.45, 7) is 0.809. The number of fused-ring (bicyclic) bond motifs is 1. The molecule has 10 heteroatoms. The molecule has 0 unspecified atom stereocenters. The second-order valence-corrected chi connectivity index (χ2v) is 9.44. The van der Waals surface area contributed by atoms with E-state index in [1.54, 1.807) is 44.9 Å². The van der Waals surface area contributed by atoms with Crippen molar-refractivity contribution in [1.82, 2.24) is 24.5 Å². The molecular weight excluding hydrogens is 468 g/mol. The summed E-state index contributed by atoms with van der Waals surface area (Å²) in [5.41, 5.74) is 1.85. The molecule has 5 amide bonds. The number of imide groups is 1. The molecule has 0 spiro atoms. The normalized spacial score (nSPS) is 23.5. The Morgan fingerprint density at radius 3 is 2.66 bits per heavy atom. The standard InChI is InChI=1S/C25H23ClN6O3/c26-17-7-4-8-18(13-17)32-22(9-10-27-32)28-24(34)29-11-12-30-21(15-29)23(33)31(25(30)35)20-14-19(20)16-5-2-1-3-6-16/h1-10,13,19-21H,11-12,14-15H2,(H,28,34)/t19-,20+,21+/m1/s1. The molecular formula is C25H23ClN6O3. The van der Waals surface area contributed by atoms with E-state index in [9.17, 15) is 14.4 Å². The van der Waals surface area contributed by atoms with Gasteiger partial charge in [-0.15, -0.1) is 0 Å². The number of benzene rings is 2. The zero-order chi connectivity index (χ0) is 24.1. The maximum Gasteiger partial charge on any atom is 0.327 e. The Bertz CT molecular complexity index is 1310. The van der Waals surface area contributed by atoms with Gasteiger partial charge in [0.05, 0.1) is 18.4 Å². The third-order valence-electron chi connectivity index (χ3n) is 6.89. The van der Waals surface area contributed by atoms with Crippen molar-refractivity contribution < 1.29 is 14.4 Å². The number of halogens is 1. The van der Waals surface area contributed by atoms with Crippen LogP contribution in [0.1, 0.15) is 17.9 Å². The number of hydrogen-bond acceptors (Lipinski definition) is 4. The number of aromatic nitrogens is 2. The summed E-state index contributed by atoms with van der Waals surface area (Å²) in [6.07, 6.45) is 2.37. The first-order valence-electron chi connectivity index (χ1n) is 11.6. The minimum Gasteiger partial charge on any atom is -0.320 e. The Morgan fingerprint density at radius 1 is 1.03 bits per heavy atom. The van der Waals surface area contributed by atoms with Crippen molar-refractivity contribution in [2.75, 3.05) is 25.0 Å². The van der Waals surface area contributed by atoms with E-state index in [2.05, 4.69) is 10.4 Å². The molecule has 6 rings (SSSR count). The van der Waals surface area contributed by atoms with Gasteiger partial charge in [-0.05, 0) is 30.2 Å². The number of amides is 5. The number of nitrogens with one attached hydrogen (secondary N) is 1. The van der Waals surface area contributed by atoms with E-state index in [1.807, 2.05) is 36.4 Å². The number of carbonyl (C=O) groups is 3. The molecule has 3 aromatic rings. The number of piperazine rings is 1. The minimum absolute atomic E-state index is 0.114. The molecule has 0 bridgehead atoms. The fourth-order valence-electron chi connectivity index (χ4n) is 5.03. The lowest BCUT2D eigenvalue weighted by molar-refractivity contribution is -0.129. The zero-order valence-corrected chi connectivity index (χ0v) is 19.5. The van der Waals surface area contributed by atoms with Crippen LogP contribution in [0.25, 0.3) is 5.69 Å². The van der Waals surface area contributed by atoms with Crippen LogP contribution >= 0.6 is 11.6 Å². The molecule has 3 heterocycles. The first-order valence-corrected chi connectivity index (χ1v) is 11.9. The number of nitrogens with zero attached hydrogens (tertiary/aromatic N) is 5. The molecule has 0 radical (unpaired) electrons. The summed E-state index contributed by atoms with van der Waals surface area (Å²) < 4.78 is 1.59. The van der Waals surface area contributed by atoms with Gasteiger partial charge in [0.1, 0.15) is 11.9 Å². The van der Waals surface area contributed by atoms with Crippen LogP contribution in [-0.4, -0.2) is 74.2 Å². The van der Waals surface area contributed by atoms with Crippen molar-refractivity contribution in [3.63, 3.8) is 0 Å². The van der Waals surface area contributed by atoms with Crippen molar-refractivity contribution in [2.24, 2.45) is 0 Å². The summed E-state index contributed by atoms with van der Waals surface area (Å²) in [4.78, 5) is 44.0. The molecule has 1 aliphatic carbocycles. The molecule has 1 aromatic heterocycles. The van der Waals surface area contributed by atoms with Gasteiger partial charge in [0.2, 0.25) is 0 Å². The highest BCUT2D eigenvalue weighted by Gasteiger charge is 2.56. The summed E-state index contributed by atoms with van der Waals surface area (Å²) in [5, 5.41) is 7.72. The fraction of sp³-hybridized carbons (Fsp3) is 0.280. The predicted molar refractivity (Wildman–Crippen MR) is 129 cm³/mol. The number of carbonyl (C=O) groups excluding carboxylic acids is 3. The second kappa shape index (κ2) is 8.42. The van der Waals surface area contributed by atoms with Gasteiger partial charge in [0.25, 0.3) is 5.91 Å². The van der Waals surface area contributed by atoms with E-state index in [4.69, 9.17) is 11.6 Å². The topological polar surface area (TPSA) is 90.8 Å². The van der Waals surface area contributed by atoms with Crippen LogP contribution in [0.3, 0.4) is 0 Å². The lowest BCUT2D eigenvalue weighted by atomic mass is 10.1. The Morgan fingerprint density at radius 2 is 1.86 bits per heavy atom. The van der Waals surface area contributed by atoms with Crippen molar-refractivity contribution in [2.45, 2.75) is 24.4 Å². The van der Waals surface area contributed by atoms with E-state index < -0.39 is 6.04 Å². The highest BCUT2D eigenvalue weighted by atomic mass is 35.5. The smallest absolute Gasteiger partial charge is 0.320 e. The fourth-order valence-corrected chi connectivity index (χ4v) is 5.22. The van der Waals surface area contributed by atoms with Gasteiger partial charge >= 0.3 is 12.1 Å². The second-order valence-electron chi connectivity index (χ2n) is 9.00. The summed E-state index contributed by atoms with van der Waals surface area (Å²) in [5.74, 6) is 0.440. The number of rotatable bonds is 4. The molecule has 2 aromatic carbocycles. The lowest BCUT2D eigenvalue weighted by Gasteiger charge is -2.35. The Hall–Kier alpha value is -3.85. The highest BCUT2D eigenvalue weighted by molar-refractivity contribution is 6.30. The van der Waals surface area contributed by atoms with E-state index >= 15 is 0 Å². The molecule has 1 N–H and O–H groups in total.